The number of aryl methyl sites for hydroxylation is 1. The molecule has 3 aromatic rings. The van der Waals surface area contributed by atoms with E-state index in [1.54, 1.807) is 13.0 Å². The van der Waals surface area contributed by atoms with Crippen LogP contribution in [0.2, 0.25) is 10.0 Å². The van der Waals surface area contributed by atoms with E-state index < -0.39 is 11.6 Å². The summed E-state index contributed by atoms with van der Waals surface area (Å²) in [6.45, 7) is 5.11. The Morgan fingerprint density at radius 1 is 1.14 bits per heavy atom. The van der Waals surface area contributed by atoms with Gasteiger partial charge in [-0.25, -0.2) is 4.98 Å². The van der Waals surface area contributed by atoms with Gasteiger partial charge in [0.2, 0.25) is 0 Å². The summed E-state index contributed by atoms with van der Waals surface area (Å²) in [6, 6.07) is 11.8. The van der Waals surface area contributed by atoms with E-state index >= 15 is 0 Å². The van der Waals surface area contributed by atoms with Crippen LogP contribution in [0.4, 0.5) is 0 Å². The molecule has 1 aromatic heterocycles. The zero-order valence-corrected chi connectivity index (χ0v) is 22.1. The number of fused-ring (bicyclic) bond motifs is 1. The van der Waals surface area contributed by atoms with Crippen LogP contribution in [0, 0.1) is 12.3 Å². The van der Waals surface area contributed by atoms with E-state index in [0.29, 0.717) is 44.8 Å². The number of hydrogen-bond donors (Lipinski definition) is 4. The molecular weight excluding hydrogens is 495 g/mol. The molecule has 0 amide bonds. The van der Waals surface area contributed by atoms with Gasteiger partial charge in [-0.2, -0.15) is 0 Å². The Bertz CT molecular complexity index is 1310. The van der Waals surface area contributed by atoms with E-state index in [0.717, 1.165) is 43.5 Å². The molecule has 2 heterocycles. The van der Waals surface area contributed by atoms with Crippen molar-refractivity contribution in [1.82, 2.24) is 15.3 Å². The summed E-state index contributed by atoms with van der Waals surface area (Å²) in [6.07, 6.45) is 2.69. The quantitative estimate of drug-likeness (QED) is 0.395. The number of rotatable bonds is 5. The van der Waals surface area contributed by atoms with Crippen molar-refractivity contribution in [3.05, 3.63) is 80.2 Å². The molecule has 0 bridgehead atoms. The number of nitrogens with two attached hydrogens (primary N) is 1. The molecule has 2 aromatic carbocycles. The summed E-state index contributed by atoms with van der Waals surface area (Å²) < 4.78 is 0. The minimum Gasteiger partial charge on any atom is -0.393 e. The second kappa shape index (κ2) is 9.67. The van der Waals surface area contributed by atoms with Crippen molar-refractivity contribution < 1.29 is 10.2 Å². The van der Waals surface area contributed by atoms with Crippen molar-refractivity contribution >= 4 is 23.2 Å². The first-order valence-corrected chi connectivity index (χ1v) is 13.2. The minimum absolute atomic E-state index is 0.260. The fraction of sp³-hybridized carbons (Fsp3) is 0.429. The summed E-state index contributed by atoms with van der Waals surface area (Å²) in [5.74, 6) is 0. The monoisotopic (exact) mass is 526 g/mol. The average Bonchev–Trinajstić information content (AvgIpc) is 3.09. The lowest BCUT2D eigenvalue weighted by Crippen LogP contribution is -2.56. The SMILES string of the molecule is Cc1nc(C2(N)c3cc(CC(C)O)ccc3CC23CCNCC3)c(CO)nc1-c1cccc(Cl)c1Cl. The van der Waals surface area contributed by atoms with Crippen LogP contribution in [-0.2, 0) is 25.0 Å². The number of halogens is 2. The second-order valence-electron chi connectivity index (χ2n) is 10.3. The van der Waals surface area contributed by atoms with Crippen molar-refractivity contribution in [3.63, 3.8) is 0 Å². The van der Waals surface area contributed by atoms with E-state index in [1.807, 2.05) is 19.1 Å². The maximum atomic E-state index is 10.5. The zero-order valence-electron chi connectivity index (χ0n) is 20.6. The Hall–Kier alpha value is -2.06. The molecule has 1 spiro atoms. The number of aliphatic hydroxyl groups is 2. The van der Waals surface area contributed by atoms with Gasteiger partial charge in [0.1, 0.15) is 0 Å². The van der Waals surface area contributed by atoms with Crippen LogP contribution in [0.5, 0.6) is 0 Å². The first-order chi connectivity index (χ1) is 17.2. The standard InChI is InChI=1S/C28H32Cl2N4O2/c1-16(36)12-18-6-7-19-14-27(8-10-32-11-9-27)28(31,21(19)13-18)26-23(15-35)34-25(17(2)33-26)20-4-3-5-22(29)24(20)30/h3-7,13,16,32,35-36H,8-12,14-15,31H2,1-2H3. The Kier molecular flexibility index (Phi) is 6.87. The molecule has 1 aliphatic carbocycles. The van der Waals surface area contributed by atoms with Gasteiger partial charge in [0, 0.05) is 11.0 Å². The molecule has 6 nitrogen and oxygen atoms in total. The van der Waals surface area contributed by atoms with Crippen molar-refractivity contribution in [3.8, 4) is 11.3 Å². The molecule has 1 saturated heterocycles. The lowest BCUT2D eigenvalue weighted by molar-refractivity contribution is 0.114. The third-order valence-corrected chi connectivity index (χ3v) is 8.75. The van der Waals surface area contributed by atoms with Gasteiger partial charge in [-0.3, -0.25) is 4.98 Å². The van der Waals surface area contributed by atoms with Crippen molar-refractivity contribution in [1.29, 1.82) is 0 Å². The molecule has 190 valence electrons. The van der Waals surface area contributed by atoms with Gasteiger partial charge in [-0.1, -0.05) is 53.5 Å². The van der Waals surface area contributed by atoms with Crippen LogP contribution >= 0.6 is 23.2 Å². The van der Waals surface area contributed by atoms with Gasteiger partial charge < -0.3 is 21.3 Å². The van der Waals surface area contributed by atoms with Crippen molar-refractivity contribution in [2.45, 2.75) is 57.8 Å². The summed E-state index contributed by atoms with van der Waals surface area (Å²) in [4.78, 5) is 9.95. The Morgan fingerprint density at radius 2 is 1.89 bits per heavy atom. The summed E-state index contributed by atoms with van der Waals surface area (Å²) in [5.41, 5.74) is 12.6. The normalized spacial score (nSPS) is 21.5. The van der Waals surface area contributed by atoms with Crippen LogP contribution in [0.1, 0.15) is 53.5 Å². The van der Waals surface area contributed by atoms with Gasteiger partial charge >= 0.3 is 0 Å². The number of aromatic nitrogens is 2. The van der Waals surface area contributed by atoms with Gasteiger partial charge in [-0.05, 0) is 75.4 Å². The zero-order chi connectivity index (χ0) is 25.7. The number of piperidine rings is 1. The van der Waals surface area contributed by atoms with Crippen molar-refractivity contribution in [2.75, 3.05) is 13.1 Å². The maximum absolute atomic E-state index is 10.5. The first-order valence-electron chi connectivity index (χ1n) is 12.4. The third-order valence-electron chi connectivity index (χ3n) is 7.93. The van der Waals surface area contributed by atoms with Crippen LogP contribution in [0.15, 0.2) is 36.4 Å². The molecule has 0 radical (unpaired) electrons. The number of hydrogen-bond acceptors (Lipinski definition) is 6. The fourth-order valence-corrected chi connectivity index (χ4v) is 6.57. The Balaban J connectivity index is 1.73. The van der Waals surface area contributed by atoms with Crippen LogP contribution in [0.3, 0.4) is 0 Å². The van der Waals surface area contributed by atoms with Gasteiger partial charge in [0.25, 0.3) is 0 Å². The van der Waals surface area contributed by atoms with E-state index in [2.05, 4.69) is 23.5 Å². The molecule has 5 N–H and O–H groups in total. The maximum Gasteiger partial charge on any atom is 0.0934 e. The largest absolute Gasteiger partial charge is 0.393 e. The predicted octanol–water partition coefficient (Wildman–Crippen LogP) is 4.30. The smallest absolute Gasteiger partial charge is 0.0934 e. The molecule has 2 unspecified atom stereocenters. The highest BCUT2D eigenvalue weighted by atomic mass is 35.5. The number of nitrogens with one attached hydrogen (secondary N) is 1. The third kappa shape index (κ3) is 4.05. The topological polar surface area (TPSA) is 104 Å². The molecule has 2 atom stereocenters. The molecule has 8 heteroatoms. The average molecular weight is 527 g/mol. The van der Waals surface area contributed by atoms with Crippen LogP contribution < -0.4 is 11.1 Å². The molecule has 36 heavy (non-hydrogen) atoms. The molecular formula is C28H32Cl2N4O2. The highest BCUT2D eigenvalue weighted by Crippen LogP contribution is 2.57. The molecule has 1 aliphatic heterocycles. The van der Waals surface area contributed by atoms with Crippen molar-refractivity contribution in [2.24, 2.45) is 11.1 Å². The molecule has 2 aliphatic rings. The summed E-state index contributed by atoms with van der Waals surface area (Å²) >= 11 is 12.8. The number of benzene rings is 2. The number of nitrogens with zero attached hydrogens (tertiary/aromatic N) is 2. The van der Waals surface area contributed by atoms with E-state index in [9.17, 15) is 10.2 Å². The first kappa shape index (κ1) is 25.6. The van der Waals surface area contributed by atoms with E-state index in [-0.39, 0.29) is 12.0 Å². The van der Waals surface area contributed by atoms with E-state index in [1.165, 1.54) is 5.56 Å². The minimum atomic E-state index is -0.939. The van der Waals surface area contributed by atoms with E-state index in [4.69, 9.17) is 38.9 Å². The summed E-state index contributed by atoms with van der Waals surface area (Å²) in [7, 11) is 0. The lowest BCUT2D eigenvalue weighted by atomic mass is 9.63. The van der Waals surface area contributed by atoms with Crippen LogP contribution in [-0.4, -0.2) is 39.4 Å². The Labute approximate surface area is 221 Å². The second-order valence-corrected chi connectivity index (χ2v) is 11.1. The highest BCUT2D eigenvalue weighted by Gasteiger charge is 2.58. The molecule has 1 fully saturated rings. The van der Waals surface area contributed by atoms with Gasteiger partial charge in [-0.15, -0.1) is 0 Å². The summed E-state index contributed by atoms with van der Waals surface area (Å²) in [5, 5.41) is 24.9. The number of aliphatic hydroxyl groups excluding tert-OH is 2. The Morgan fingerprint density at radius 3 is 2.58 bits per heavy atom. The molecule has 5 rings (SSSR count). The van der Waals surface area contributed by atoms with Gasteiger partial charge in [0.05, 0.1) is 51.1 Å². The fourth-order valence-electron chi connectivity index (χ4n) is 6.18. The lowest BCUT2D eigenvalue weighted by Gasteiger charge is -2.47. The van der Waals surface area contributed by atoms with Crippen LogP contribution in [0.25, 0.3) is 11.3 Å². The molecule has 0 saturated carbocycles. The van der Waals surface area contributed by atoms with Gasteiger partial charge in [0.15, 0.2) is 0 Å². The predicted molar refractivity (Wildman–Crippen MR) is 143 cm³/mol. The highest BCUT2D eigenvalue weighted by molar-refractivity contribution is 6.43.